The Morgan fingerprint density at radius 3 is 1.63 bits per heavy atom. The first-order valence-corrected chi connectivity index (χ1v) is 12.8. The van der Waals surface area contributed by atoms with E-state index in [2.05, 4.69) is 15.0 Å². The van der Waals surface area contributed by atoms with Crippen molar-refractivity contribution in [1.29, 1.82) is 0 Å². The number of halogens is 6. The molecule has 1 aliphatic rings. The molecule has 1 amide bonds. The van der Waals surface area contributed by atoms with Crippen molar-refractivity contribution in [3.63, 3.8) is 0 Å². The van der Waals surface area contributed by atoms with Crippen molar-refractivity contribution < 1.29 is 60.2 Å². The Morgan fingerprint density at radius 1 is 0.870 bits per heavy atom. The summed E-state index contributed by atoms with van der Waals surface area (Å²) in [4.78, 5) is 51.3. The molecule has 0 aliphatic carbocycles. The monoisotopic (exact) mass is 658 g/mol. The van der Waals surface area contributed by atoms with E-state index < -0.39 is 59.2 Å². The number of amides is 1. The number of carbonyl (C=O) groups excluding carboxylic acids is 5. The van der Waals surface area contributed by atoms with Crippen molar-refractivity contribution in [1.82, 2.24) is 0 Å². The number of anilines is 2. The maximum atomic E-state index is 13.2. The highest BCUT2D eigenvalue weighted by Crippen LogP contribution is 2.44. The summed E-state index contributed by atoms with van der Waals surface area (Å²) in [5, 5.41) is 12.2. The van der Waals surface area contributed by atoms with Gasteiger partial charge in [0.1, 0.15) is 6.10 Å². The van der Waals surface area contributed by atoms with E-state index in [0.717, 1.165) is 12.1 Å². The molecule has 0 unspecified atom stereocenters. The van der Waals surface area contributed by atoms with Crippen LogP contribution in [0.5, 0.6) is 0 Å². The maximum absolute atomic E-state index is 13.2. The molecule has 0 bridgehead atoms. The zero-order valence-corrected chi connectivity index (χ0v) is 25.1. The van der Waals surface area contributed by atoms with E-state index in [4.69, 9.17) is 37.1 Å². The third kappa shape index (κ3) is 10.5. The Labute approximate surface area is 259 Å². The minimum absolute atomic E-state index is 0.0338. The number of nitrogens with one attached hydrogen (secondary N) is 1. The highest BCUT2D eigenvalue weighted by atomic mass is 19.4. The fourth-order valence-electron chi connectivity index (χ4n) is 4.08. The van der Waals surface area contributed by atoms with Crippen LogP contribution in [0.15, 0.2) is 24.3 Å². The van der Waals surface area contributed by atoms with Crippen LogP contribution >= 0.6 is 0 Å². The number of aliphatic hydroxyl groups is 1. The molecule has 11 nitrogen and oxygen atoms in total. The minimum atomic E-state index is -4.65. The fourth-order valence-corrected chi connectivity index (χ4v) is 4.08. The third-order valence-electron chi connectivity index (χ3n) is 6.60. The molecule has 2 N–H and O–H groups in total. The van der Waals surface area contributed by atoms with Crippen LogP contribution in [0, 0.1) is 27.0 Å². The lowest BCUT2D eigenvalue weighted by molar-refractivity contribution is -0.193. The molecule has 0 aromatic heterocycles. The second-order valence-corrected chi connectivity index (χ2v) is 9.49. The van der Waals surface area contributed by atoms with Gasteiger partial charge in [0.2, 0.25) is 0 Å². The number of hydrogen-bond donors (Lipinski definition) is 2. The molecule has 1 aliphatic heterocycles. The Bertz CT molecular complexity index is 1520. The van der Waals surface area contributed by atoms with Crippen molar-refractivity contribution >= 4 is 41.1 Å². The van der Waals surface area contributed by atoms with Crippen molar-refractivity contribution in [3.8, 4) is 0 Å². The van der Waals surface area contributed by atoms with Gasteiger partial charge in [-0.3, -0.25) is 4.90 Å². The average molecular weight is 659 g/mol. The second kappa shape index (κ2) is 17.3. The van der Waals surface area contributed by atoms with Gasteiger partial charge in [-0.05, 0) is 64.8 Å². The summed E-state index contributed by atoms with van der Waals surface area (Å²) >= 11 is 0. The van der Waals surface area contributed by atoms with Crippen LogP contribution in [0.4, 0.5) is 53.9 Å². The molecule has 2 aromatic rings. The highest BCUT2D eigenvalue weighted by molar-refractivity contribution is 5.92. The number of alkyl halides is 6. The van der Waals surface area contributed by atoms with E-state index in [1.807, 2.05) is 0 Å². The summed E-state index contributed by atoms with van der Waals surface area (Å²) in [5.41, 5.74) is -2.61. The highest BCUT2D eigenvalue weighted by Gasteiger charge is 2.41. The number of ether oxygens (including phenoxy) is 1. The van der Waals surface area contributed by atoms with Crippen LogP contribution < -0.4 is 10.2 Å². The summed E-state index contributed by atoms with van der Waals surface area (Å²) in [5.74, 6) is 0. The molecular formula is C29H28F6N4O7. The van der Waals surface area contributed by atoms with Crippen LogP contribution in [0.1, 0.15) is 49.9 Å². The van der Waals surface area contributed by atoms with Gasteiger partial charge in [-0.25, -0.2) is 14.5 Å². The van der Waals surface area contributed by atoms with Crippen molar-refractivity contribution in [2.24, 2.45) is 0 Å². The number of carbonyl (C=O) groups is 1. The molecule has 2 aromatic carbocycles. The Kier molecular flexibility index (Phi) is 15.4. The minimum Gasteiger partial charge on any atom is -0.444 e. The normalized spacial score (nSPS) is 16.5. The molecule has 3 rings (SSSR count). The standard InChI is InChI=1S/C14H13F3N2O2.C13H15F3N2O.2CO2/c1-7-11(19-8(2)9(3)21-13(19)20)6-5-10(18-4)12(7)14(15,16)17;1-7-10(18-8(2)9(3)19)5-6-11(17-4)12(7)13(14,15)16;2*2-1-3/h5-6,8-9H,1-3H3;5-6,8-9,18-19H,1-3H3;;/t2*8-,9-;;/m00../s1. The number of rotatable bonds is 4. The van der Waals surface area contributed by atoms with Crippen LogP contribution in [0.3, 0.4) is 0 Å². The predicted molar refractivity (Wildman–Crippen MR) is 148 cm³/mol. The number of benzene rings is 2. The molecule has 46 heavy (non-hydrogen) atoms. The molecule has 0 saturated carbocycles. The third-order valence-corrected chi connectivity index (χ3v) is 6.60. The summed E-state index contributed by atoms with van der Waals surface area (Å²) in [7, 11) is 0. The van der Waals surface area contributed by atoms with Gasteiger partial charge in [0.05, 0.1) is 36.4 Å². The van der Waals surface area contributed by atoms with E-state index in [1.54, 1.807) is 27.7 Å². The molecule has 1 saturated heterocycles. The number of hydrogen-bond acceptors (Lipinski definition) is 8. The zero-order chi connectivity index (χ0) is 36.2. The van der Waals surface area contributed by atoms with Gasteiger partial charge in [-0.15, -0.1) is 0 Å². The van der Waals surface area contributed by atoms with Crippen LogP contribution in [0.2, 0.25) is 0 Å². The Morgan fingerprint density at radius 2 is 1.28 bits per heavy atom. The van der Waals surface area contributed by atoms with Crippen LogP contribution in [0.25, 0.3) is 9.69 Å². The molecular weight excluding hydrogens is 630 g/mol. The van der Waals surface area contributed by atoms with Crippen molar-refractivity contribution in [2.45, 2.75) is 78.2 Å². The summed E-state index contributed by atoms with van der Waals surface area (Å²) in [6.07, 6.45) is -10.5. The van der Waals surface area contributed by atoms with Crippen LogP contribution in [-0.2, 0) is 36.3 Å². The number of aliphatic hydroxyl groups excluding tert-OH is 1. The lowest BCUT2D eigenvalue weighted by Crippen LogP contribution is -2.34. The smallest absolute Gasteiger partial charge is 0.415 e. The fraction of sp³-hybridized carbons (Fsp3) is 0.414. The van der Waals surface area contributed by atoms with E-state index in [1.165, 1.54) is 30.9 Å². The first-order chi connectivity index (χ1) is 21.2. The average Bonchev–Trinajstić information content (AvgIpc) is 3.19. The lowest BCUT2D eigenvalue weighted by atomic mass is 10.0. The second-order valence-electron chi connectivity index (χ2n) is 9.49. The lowest BCUT2D eigenvalue weighted by Gasteiger charge is -2.24. The van der Waals surface area contributed by atoms with E-state index in [9.17, 15) is 36.2 Å². The summed E-state index contributed by atoms with van der Waals surface area (Å²) in [6.45, 7) is 22.8. The summed E-state index contributed by atoms with van der Waals surface area (Å²) < 4.78 is 83.3. The van der Waals surface area contributed by atoms with Gasteiger partial charge in [0.15, 0.2) is 11.4 Å². The SMILES string of the molecule is O=C=O.O=C=O.[C-]#[N+]c1ccc(N2C(=O)O[C@@H](C)[C@@H]2C)c(C)c1C(F)(F)F.[C-]#[N+]c1ccc(N[C@@H](C)[C@H](C)O)c(C)c1C(F)(F)F. The molecule has 0 spiro atoms. The topological polar surface area (TPSA) is 139 Å². The zero-order valence-electron chi connectivity index (χ0n) is 25.1. The van der Waals surface area contributed by atoms with E-state index in [0.29, 0.717) is 0 Å². The number of nitrogens with zero attached hydrogens (tertiary/aromatic N) is 3. The largest absolute Gasteiger partial charge is 0.444 e. The molecule has 248 valence electrons. The molecule has 0 radical (unpaired) electrons. The Hall–Kier alpha value is -5.21. The maximum Gasteiger partial charge on any atom is 0.415 e. The number of cyclic esters (lactones) is 1. The first kappa shape index (κ1) is 40.8. The van der Waals surface area contributed by atoms with Gasteiger partial charge in [0.25, 0.3) is 0 Å². The molecule has 1 heterocycles. The predicted octanol–water partition coefficient (Wildman–Crippen LogP) is 6.88. The van der Waals surface area contributed by atoms with E-state index in [-0.39, 0.29) is 40.8 Å². The molecule has 17 heteroatoms. The van der Waals surface area contributed by atoms with Gasteiger partial charge >= 0.3 is 30.7 Å². The first-order valence-electron chi connectivity index (χ1n) is 12.8. The van der Waals surface area contributed by atoms with Gasteiger partial charge in [-0.1, -0.05) is 12.1 Å². The molecule has 4 atom stereocenters. The summed E-state index contributed by atoms with van der Waals surface area (Å²) in [6, 6.07) is 4.24. The van der Waals surface area contributed by atoms with Gasteiger partial charge in [-0.2, -0.15) is 45.5 Å². The van der Waals surface area contributed by atoms with E-state index >= 15 is 0 Å². The Balaban J connectivity index is 0.000000755. The van der Waals surface area contributed by atoms with Crippen LogP contribution in [-0.4, -0.2) is 47.8 Å². The van der Waals surface area contributed by atoms with Gasteiger partial charge < -0.3 is 15.2 Å². The van der Waals surface area contributed by atoms with Gasteiger partial charge in [0, 0.05) is 17.4 Å². The quantitative estimate of drug-likeness (QED) is 0.268. The van der Waals surface area contributed by atoms with Crippen molar-refractivity contribution in [3.05, 3.63) is 69.4 Å². The van der Waals surface area contributed by atoms with Crippen molar-refractivity contribution in [2.75, 3.05) is 10.2 Å². The molecule has 1 fully saturated rings.